The summed E-state index contributed by atoms with van der Waals surface area (Å²) in [6.07, 6.45) is 7.98. The summed E-state index contributed by atoms with van der Waals surface area (Å²) in [5, 5.41) is 6.64. The molecule has 0 radical (unpaired) electrons. The van der Waals surface area contributed by atoms with Crippen LogP contribution in [0.5, 0.6) is 0 Å². The molecule has 0 aromatic carbocycles. The van der Waals surface area contributed by atoms with E-state index in [4.69, 9.17) is 14.1 Å². The van der Waals surface area contributed by atoms with Crippen LogP contribution in [-0.4, -0.2) is 54.3 Å². The van der Waals surface area contributed by atoms with E-state index in [1.54, 1.807) is 6.26 Å². The maximum atomic E-state index is 12.1. The minimum absolute atomic E-state index is 0. The normalized spacial score (nSPS) is 20.4. The first-order valence-electron chi connectivity index (χ1n) is 10.5. The third-order valence-electron chi connectivity index (χ3n) is 5.10. The summed E-state index contributed by atoms with van der Waals surface area (Å²) in [5.74, 6) is 1.90. The molecule has 1 atom stereocenters. The Bertz CT molecular complexity index is 651. The summed E-state index contributed by atoms with van der Waals surface area (Å²) in [6.45, 7) is 7.94. The fourth-order valence-corrected chi connectivity index (χ4v) is 3.76. The monoisotopic (exact) mass is 518 g/mol. The van der Waals surface area contributed by atoms with Gasteiger partial charge in [-0.25, -0.2) is 4.79 Å². The molecule has 0 spiro atoms. The van der Waals surface area contributed by atoms with E-state index >= 15 is 0 Å². The maximum absolute atomic E-state index is 12.1. The van der Waals surface area contributed by atoms with Gasteiger partial charge in [0.25, 0.3) is 0 Å². The SMILES string of the molecule is CC(C)(C)OC(=O)NC1CCN(C(=NCCc2ccco2)NC2CCCC2)C1.I. The van der Waals surface area contributed by atoms with Gasteiger partial charge in [0.1, 0.15) is 11.4 Å². The number of hydrogen-bond acceptors (Lipinski definition) is 4. The quantitative estimate of drug-likeness (QED) is 0.351. The van der Waals surface area contributed by atoms with Crippen molar-refractivity contribution in [3.8, 4) is 0 Å². The third kappa shape index (κ3) is 8.06. The molecule has 3 rings (SSSR count). The van der Waals surface area contributed by atoms with Gasteiger partial charge in [-0.05, 0) is 52.2 Å². The lowest BCUT2D eigenvalue weighted by molar-refractivity contribution is 0.0507. The topological polar surface area (TPSA) is 79.1 Å². The van der Waals surface area contributed by atoms with Crippen LogP contribution in [0.1, 0.15) is 58.6 Å². The Morgan fingerprint density at radius 2 is 2.00 bits per heavy atom. The number of carbonyl (C=O) groups excluding carboxylic acids is 1. The van der Waals surface area contributed by atoms with Crippen molar-refractivity contribution in [2.75, 3.05) is 19.6 Å². The van der Waals surface area contributed by atoms with Crippen LogP contribution in [0.25, 0.3) is 0 Å². The van der Waals surface area contributed by atoms with Crippen LogP contribution in [0.2, 0.25) is 0 Å². The summed E-state index contributed by atoms with van der Waals surface area (Å²) < 4.78 is 10.8. The van der Waals surface area contributed by atoms with Crippen molar-refractivity contribution in [2.24, 2.45) is 4.99 Å². The Morgan fingerprint density at radius 3 is 2.66 bits per heavy atom. The number of furan rings is 1. The van der Waals surface area contributed by atoms with Crippen LogP contribution in [0.4, 0.5) is 4.79 Å². The number of guanidine groups is 1. The van der Waals surface area contributed by atoms with E-state index in [0.29, 0.717) is 12.6 Å². The van der Waals surface area contributed by atoms with Crippen LogP contribution >= 0.6 is 24.0 Å². The Labute approximate surface area is 191 Å². The van der Waals surface area contributed by atoms with Gasteiger partial charge >= 0.3 is 6.09 Å². The molecule has 2 aliphatic rings. The van der Waals surface area contributed by atoms with Crippen molar-refractivity contribution in [1.29, 1.82) is 0 Å². The van der Waals surface area contributed by atoms with E-state index in [0.717, 1.165) is 37.7 Å². The first-order valence-corrected chi connectivity index (χ1v) is 10.5. The zero-order chi connectivity index (χ0) is 20.0. The first-order chi connectivity index (χ1) is 13.4. The Kier molecular flexibility index (Phi) is 9.10. The van der Waals surface area contributed by atoms with Gasteiger partial charge in [-0.3, -0.25) is 4.99 Å². The largest absolute Gasteiger partial charge is 0.469 e. The van der Waals surface area contributed by atoms with Gasteiger partial charge in [-0.2, -0.15) is 0 Å². The van der Waals surface area contributed by atoms with Crippen molar-refractivity contribution < 1.29 is 13.9 Å². The molecule has 1 aliphatic heterocycles. The Hall–Kier alpha value is -1.45. The van der Waals surface area contributed by atoms with E-state index < -0.39 is 5.60 Å². The zero-order valence-corrected chi connectivity index (χ0v) is 20.1. The molecule has 29 heavy (non-hydrogen) atoms. The molecule has 2 heterocycles. The number of nitrogens with zero attached hydrogens (tertiary/aromatic N) is 2. The van der Waals surface area contributed by atoms with E-state index in [-0.39, 0.29) is 36.1 Å². The summed E-state index contributed by atoms with van der Waals surface area (Å²) in [7, 11) is 0. The van der Waals surface area contributed by atoms with E-state index in [2.05, 4.69) is 15.5 Å². The molecule has 0 bridgehead atoms. The zero-order valence-electron chi connectivity index (χ0n) is 17.8. The number of alkyl carbamates (subject to hydrolysis) is 1. The highest BCUT2D eigenvalue weighted by Gasteiger charge is 2.29. The van der Waals surface area contributed by atoms with Crippen molar-refractivity contribution in [1.82, 2.24) is 15.5 Å². The average Bonchev–Trinajstić information content (AvgIpc) is 3.35. The summed E-state index contributed by atoms with van der Waals surface area (Å²) in [4.78, 5) is 19.2. The van der Waals surface area contributed by atoms with Gasteiger partial charge in [0.05, 0.1) is 12.3 Å². The number of rotatable bonds is 5. The van der Waals surface area contributed by atoms with Crippen molar-refractivity contribution in [2.45, 2.75) is 77.0 Å². The van der Waals surface area contributed by atoms with E-state index in [1.165, 1.54) is 25.7 Å². The van der Waals surface area contributed by atoms with Gasteiger partial charge in [-0.15, -0.1) is 24.0 Å². The minimum Gasteiger partial charge on any atom is -0.469 e. The molecule has 8 heteroatoms. The molecule has 1 aromatic heterocycles. The fraction of sp³-hybridized carbons (Fsp3) is 0.714. The van der Waals surface area contributed by atoms with Crippen molar-refractivity contribution in [3.63, 3.8) is 0 Å². The number of aliphatic imine (C=N–C) groups is 1. The molecule has 1 saturated heterocycles. The van der Waals surface area contributed by atoms with E-state index in [9.17, 15) is 4.79 Å². The molecule has 1 aromatic rings. The Balaban J connectivity index is 0.00000300. The number of amides is 1. The number of nitrogens with one attached hydrogen (secondary N) is 2. The van der Waals surface area contributed by atoms with Gasteiger partial charge in [0.2, 0.25) is 0 Å². The third-order valence-corrected chi connectivity index (χ3v) is 5.10. The van der Waals surface area contributed by atoms with Crippen LogP contribution in [0, 0.1) is 0 Å². The predicted molar refractivity (Wildman–Crippen MR) is 125 cm³/mol. The van der Waals surface area contributed by atoms with Gasteiger partial charge in [0, 0.05) is 32.1 Å². The molecule has 2 N–H and O–H groups in total. The number of halogens is 1. The van der Waals surface area contributed by atoms with Crippen LogP contribution in [0.15, 0.2) is 27.8 Å². The lowest BCUT2D eigenvalue weighted by Gasteiger charge is -2.25. The second kappa shape index (κ2) is 11.1. The molecular weight excluding hydrogens is 483 g/mol. The molecular formula is C21H35IN4O3. The van der Waals surface area contributed by atoms with Crippen LogP contribution < -0.4 is 10.6 Å². The highest BCUT2D eigenvalue weighted by molar-refractivity contribution is 14.0. The molecule has 1 unspecified atom stereocenters. The number of ether oxygens (including phenoxy) is 1. The van der Waals surface area contributed by atoms with Gasteiger partial charge < -0.3 is 24.7 Å². The molecule has 2 fully saturated rings. The molecule has 164 valence electrons. The number of carbonyl (C=O) groups is 1. The second-order valence-corrected chi connectivity index (χ2v) is 8.74. The molecule has 1 aliphatic carbocycles. The van der Waals surface area contributed by atoms with Crippen molar-refractivity contribution >= 4 is 36.0 Å². The average molecular weight is 518 g/mol. The summed E-state index contributed by atoms with van der Waals surface area (Å²) in [5.41, 5.74) is -0.481. The molecule has 1 amide bonds. The fourth-order valence-electron chi connectivity index (χ4n) is 3.76. The van der Waals surface area contributed by atoms with Crippen molar-refractivity contribution in [3.05, 3.63) is 24.2 Å². The van der Waals surface area contributed by atoms with E-state index in [1.807, 2.05) is 32.9 Å². The summed E-state index contributed by atoms with van der Waals surface area (Å²) in [6, 6.07) is 4.47. The molecule has 7 nitrogen and oxygen atoms in total. The highest BCUT2D eigenvalue weighted by Crippen LogP contribution is 2.19. The second-order valence-electron chi connectivity index (χ2n) is 8.74. The minimum atomic E-state index is -0.481. The lowest BCUT2D eigenvalue weighted by Crippen LogP contribution is -2.46. The standard InChI is InChI=1S/C21H34N4O3.HI/c1-21(2,3)28-20(26)24-17-11-13-25(15-17)19(23-16-7-4-5-8-16)22-12-10-18-9-6-14-27-18;/h6,9,14,16-17H,4-5,7-8,10-13,15H2,1-3H3,(H,22,23)(H,24,26);1H. The maximum Gasteiger partial charge on any atom is 0.407 e. The lowest BCUT2D eigenvalue weighted by atomic mass is 10.2. The highest BCUT2D eigenvalue weighted by atomic mass is 127. The first kappa shape index (κ1) is 23.8. The van der Waals surface area contributed by atoms with Crippen LogP contribution in [-0.2, 0) is 11.2 Å². The van der Waals surface area contributed by atoms with Gasteiger partial charge in [0.15, 0.2) is 5.96 Å². The predicted octanol–water partition coefficient (Wildman–Crippen LogP) is 3.93. The number of likely N-dealkylation sites (tertiary alicyclic amines) is 1. The Morgan fingerprint density at radius 1 is 1.24 bits per heavy atom. The van der Waals surface area contributed by atoms with Gasteiger partial charge in [-0.1, -0.05) is 12.8 Å². The molecule has 1 saturated carbocycles. The van der Waals surface area contributed by atoms with Crippen LogP contribution in [0.3, 0.4) is 0 Å². The summed E-state index contributed by atoms with van der Waals surface area (Å²) >= 11 is 0. The smallest absolute Gasteiger partial charge is 0.407 e. The number of hydrogen-bond donors (Lipinski definition) is 2.